The lowest BCUT2D eigenvalue weighted by Gasteiger charge is -2.24. The molecule has 0 aliphatic rings. The summed E-state index contributed by atoms with van der Waals surface area (Å²) < 4.78 is 6.20. The van der Waals surface area contributed by atoms with Crippen molar-refractivity contribution in [2.24, 2.45) is 0 Å². The van der Waals surface area contributed by atoms with Gasteiger partial charge in [-0.1, -0.05) is 0 Å². The Kier molecular flexibility index (Phi) is 7.30. The smallest absolute Gasteiger partial charge is 0.0701 e. The second kappa shape index (κ2) is 8.21. The molecule has 1 aromatic rings. The molecule has 0 saturated carbocycles. The average Bonchev–Trinajstić information content (AvgIpc) is 2.70. The summed E-state index contributed by atoms with van der Waals surface area (Å²) >= 11 is 5.23. The molecular weight excluding hydrogens is 300 g/mol. The van der Waals surface area contributed by atoms with Gasteiger partial charge in [-0.25, -0.2) is 0 Å². The third kappa shape index (κ3) is 5.97. The van der Waals surface area contributed by atoms with E-state index in [1.54, 1.807) is 18.4 Å². The lowest BCUT2D eigenvalue weighted by Crippen LogP contribution is -2.38. The van der Waals surface area contributed by atoms with E-state index < -0.39 is 0 Å². The zero-order valence-electron chi connectivity index (χ0n) is 10.7. The van der Waals surface area contributed by atoms with E-state index in [4.69, 9.17) is 4.74 Å². The van der Waals surface area contributed by atoms with Gasteiger partial charge in [-0.3, -0.25) is 4.90 Å². The first-order chi connectivity index (χ1) is 8.13. The van der Waals surface area contributed by atoms with Gasteiger partial charge in [0.2, 0.25) is 0 Å². The van der Waals surface area contributed by atoms with Gasteiger partial charge in [0.25, 0.3) is 0 Å². The van der Waals surface area contributed by atoms with Crippen LogP contribution >= 0.6 is 27.3 Å². The van der Waals surface area contributed by atoms with Crippen molar-refractivity contribution in [2.45, 2.75) is 19.5 Å². The molecule has 1 unspecified atom stereocenters. The van der Waals surface area contributed by atoms with E-state index in [1.807, 2.05) is 0 Å². The Balaban J connectivity index is 2.24. The van der Waals surface area contributed by atoms with Gasteiger partial charge in [-0.15, -0.1) is 11.3 Å². The van der Waals surface area contributed by atoms with Gasteiger partial charge in [0.1, 0.15) is 0 Å². The summed E-state index contributed by atoms with van der Waals surface area (Å²) in [6.07, 6.45) is 0. The van der Waals surface area contributed by atoms with Gasteiger partial charge >= 0.3 is 0 Å². The summed E-state index contributed by atoms with van der Waals surface area (Å²) in [6, 6.07) is 2.71. The van der Waals surface area contributed by atoms with Crippen LogP contribution in [0.3, 0.4) is 0 Å². The number of hydrogen-bond acceptors (Lipinski definition) is 4. The highest BCUT2D eigenvalue weighted by molar-refractivity contribution is 9.11. The largest absolute Gasteiger partial charge is 0.383 e. The molecule has 1 aromatic heterocycles. The molecule has 0 aromatic carbocycles. The Morgan fingerprint density at radius 1 is 1.59 bits per heavy atom. The highest BCUT2D eigenvalue weighted by atomic mass is 79.9. The van der Waals surface area contributed by atoms with Crippen LogP contribution in [-0.4, -0.2) is 44.8 Å². The van der Waals surface area contributed by atoms with Crippen LogP contribution in [0.25, 0.3) is 0 Å². The molecule has 0 radical (unpaired) electrons. The van der Waals surface area contributed by atoms with Gasteiger partial charge in [0.05, 0.1) is 10.4 Å². The maximum atomic E-state index is 5.00. The molecule has 0 spiro atoms. The summed E-state index contributed by atoms with van der Waals surface area (Å²) in [4.78, 5) is 2.36. The molecule has 5 heteroatoms. The van der Waals surface area contributed by atoms with E-state index in [9.17, 15) is 0 Å². The fourth-order valence-electron chi connectivity index (χ4n) is 1.51. The average molecular weight is 321 g/mol. The maximum Gasteiger partial charge on any atom is 0.0701 e. The minimum absolute atomic E-state index is 0.519. The van der Waals surface area contributed by atoms with Crippen molar-refractivity contribution in [3.63, 3.8) is 0 Å². The van der Waals surface area contributed by atoms with Crippen molar-refractivity contribution in [1.29, 1.82) is 0 Å². The van der Waals surface area contributed by atoms with Crippen molar-refractivity contribution in [2.75, 3.05) is 33.9 Å². The zero-order valence-corrected chi connectivity index (χ0v) is 13.1. The lowest BCUT2D eigenvalue weighted by molar-refractivity contribution is 0.191. The molecule has 0 aliphatic heterocycles. The normalized spacial score (nSPS) is 13.2. The minimum atomic E-state index is 0.519. The second-order valence-electron chi connectivity index (χ2n) is 4.22. The molecule has 1 N–H and O–H groups in total. The SMILES string of the molecule is COCCNCC(C)N(C)Cc1csc(Br)c1. The zero-order chi connectivity index (χ0) is 12.7. The Hall–Kier alpha value is 0.0600. The Morgan fingerprint density at radius 3 is 2.94 bits per heavy atom. The first-order valence-electron chi connectivity index (χ1n) is 5.76. The number of hydrogen-bond donors (Lipinski definition) is 1. The molecule has 3 nitrogen and oxygen atoms in total. The quantitative estimate of drug-likeness (QED) is 0.745. The molecular formula is C12H21BrN2OS. The van der Waals surface area contributed by atoms with Crippen LogP contribution in [0.2, 0.25) is 0 Å². The lowest BCUT2D eigenvalue weighted by atomic mass is 10.2. The number of halogens is 1. The highest BCUT2D eigenvalue weighted by Crippen LogP contribution is 2.21. The Bertz CT molecular complexity index is 319. The Labute approximate surface area is 116 Å². The van der Waals surface area contributed by atoms with Crippen LogP contribution in [0, 0.1) is 0 Å². The first kappa shape index (κ1) is 15.1. The summed E-state index contributed by atoms with van der Waals surface area (Å²) in [7, 11) is 3.89. The molecule has 1 rings (SSSR count). The van der Waals surface area contributed by atoms with Crippen LogP contribution in [0.1, 0.15) is 12.5 Å². The predicted octanol–water partition coefficient (Wildman–Crippen LogP) is 2.57. The van der Waals surface area contributed by atoms with E-state index in [1.165, 1.54) is 9.35 Å². The van der Waals surface area contributed by atoms with Crippen molar-refractivity contribution in [1.82, 2.24) is 10.2 Å². The number of thiophene rings is 1. The molecule has 17 heavy (non-hydrogen) atoms. The predicted molar refractivity (Wildman–Crippen MR) is 77.7 cm³/mol. The van der Waals surface area contributed by atoms with Crippen molar-refractivity contribution >= 4 is 27.3 Å². The number of likely N-dealkylation sites (N-methyl/N-ethyl adjacent to an activating group) is 1. The number of rotatable bonds is 8. The Morgan fingerprint density at radius 2 is 2.35 bits per heavy atom. The minimum Gasteiger partial charge on any atom is -0.383 e. The molecule has 0 fully saturated rings. The number of nitrogens with zero attached hydrogens (tertiary/aromatic N) is 1. The molecule has 0 aliphatic carbocycles. The van der Waals surface area contributed by atoms with E-state index in [0.29, 0.717) is 6.04 Å². The van der Waals surface area contributed by atoms with E-state index in [-0.39, 0.29) is 0 Å². The van der Waals surface area contributed by atoms with Gasteiger partial charge in [0, 0.05) is 32.8 Å². The molecule has 98 valence electrons. The summed E-state index contributed by atoms with van der Waals surface area (Å²) in [5.41, 5.74) is 1.37. The van der Waals surface area contributed by atoms with Crippen molar-refractivity contribution in [3.8, 4) is 0 Å². The second-order valence-corrected chi connectivity index (χ2v) is 6.51. The number of methoxy groups -OCH3 is 1. The number of nitrogens with one attached hydrogen (secondary N) is 1. The van der Waals surface area contributed by atoms with Crippen LogP contribution < -0.4 is 5.32 Å². The maximum absolute atomic E-state index is 5.00. The van der Waals surface area contributed by atoms with Gasteiger partial charge in [0.15, 0.2) is 0 Å². The monoisotopic (exact) mass is 320 g/mol. The van der Waals surface area contributed by atoms with Crippen LogP contribution in [0.4, 0.5) is 0 Å². The van der Waals surface area contributed by atoms with E-state index >= 15 is 0 Å². The highest BCUT2D eigenvalue weighted by Gasteiger charge is 2.09. The molecule has 1 atom stereocenters. The standard InChI is InChI=1S/C12H21BrN2OS/c1-10(7-14-4-5-16-3)15(2)8-11-6-12(13)17-9-11/h6,9-10,14H,4-5,7-8H2,1-3H3. The molecule has 0 bridgehead atoms. The van der Waals surface area contributed by atoms with Crippen molar-refractivity contribution < 1.29 is 4.74 Å². The van der Waals surface area contributed by atoms with Crippen LogP contribution in [0.5, 0.6) is 0 Å². The third-order valence-electron chi connectivity index (χ3n) is 2.73. The van der Waals surface area contributed by atoms with Gasteiger partial charge < -0.3 is 10.1 Å². The molecule has 0 saturated heterocycles. The first-order valence-corrected chi connectivity index (χ1v) is 7.43. The summed E-state index contributed by atoms with van der Waals surface area (Å²) in [5.74, 6) is 0. The van der Waals surface area contributed by atoms with Crippen molar-refractivity contribution in [3.05, 3.63) is 20.8 Å². The molecule has 0 amide bonds. The van der Waals surface area contributed by atoms with Gasteiger partial charge in [-0.2, -0.15) is 0 Å². The van der Waals surface area contributed by atoms with Crippen LogP contribution in [0.15, 0.2) is 15.2 Å². The summed E-state index contributed by atoms with van der Waals surface area (Å²) in [5, 5.41) is 5.58. The van der Waals surface area contributed by atoms with E-state index in [2.05, 4.69) is 51.6 Å². The fourth-order valence-corrected chi connectivity index (χ4v) is 2.71. The molecule has 1 heterocycles. The fraction of sp³-hybridized carbons (Fsp3) is 0.667. The van der Waals surface area contributed by atoms with Gasteiger partial charge in [-0.05, 0) is 46.9 Å². The summed E-state index contributed by atoms with van der Waals surface area (Å²) in [6.45, 7) is 5.91. The topological polar surface area (TPSA) is 24.5 Å². The number of ether oxygens (including phenoxy) is 1. The van der Waals surface area contributed by atoms with E-state index in [0.717, 1.165) is 26.2 Å². The third-order valence-corrected chi connectivity index (χ3v) is 4.28. The van der Waals surface area contributed by atoms with Crippen LogP contribution in [-0.2, 0) is 11.3 Å².